The number of carbonyl (C=O) groups is 1. The monoisotopic (exact) mass is 270 g/mol. The van der Waals surface area contributed by atoms with E-state index in [4.69, 9.17) is 14.6 Å². The normalized spacial score (nSPS) is 10.9. The molecule has 106 valence electrons. The van der Waals surface area contributed by atoms with Gasteiger partial charge in [0.25, 0.3) is 0 Å². The Kier molecular flexibility index (Phi) is 6.45. The van der Waals surface area contributed by atoms with Crippen LogP contribution >= 0.6 is 0 Å². The van der Waals surface area contributed by atoms with Crippen molar-refractivity contribution in [3.8, 4) is 0 Å². The molecule has 0 amide bonds. The highest BCUT2D eigenvalue weighted by atomic mass is 19.1. The van der Waals surface area contributed by atoms with Crippen LogP contribution in [0.2, 0.25) is 0 Å². The molecular weight excluding hydrogens is 251 g/mol. The summed E-state index contributed by atoms with van der Waals surface area (Å²) in [5, 5.41) is 8.81. The third-order valence-corrected chi connectivity index (χ3v) is 2.37. The highest BCUT2D eigenvalue weighted by Gasteiger charge is 2.08. The molecule has 0 fully saturated rings. The second-order valence-corrected chi connectivity index (χ2v) is 4.63. The smallest absolute Gasteiger partial charge is 0.335 e. The number of hydrogen-bond acceptors (Lipinski definition) is 3. The summed E-state index contributed by atoms with van der Waals surface area (Å²) >= 11 is 0. The van der Waals surface area contributed by atoms with E-state index >= 15 is 0 Å². The van der Waals surface area contributed by atoms with Crippen LogP contribution in [0.15, 0.2) is 18.2 Å². The first-order valence-corrected chi connectivity index (χ1v) is 6.18. The molecule has 0 saturated heterocycles. The van der Waals surface area contributed by atoms with Crippen molar-refractivity contribution in [2.24, 2.45) is 5.92 Å². The molecule has 0 aromatic heterocycles. The first-order valence-electron chi connectivity index (χ1n) is 6.18. The summed E-state index contributed by atoms with van der Waals surface area (Å²) in [5.41, 5.74) is 0.291. The molecule has 1 N–H and O–H groups in total. The maximum Gasteiger partial charge on any atom is 0.335 e. The zero-order chi connectivity index (χ0) is 14.3. The molecule has 1 rings (SSSR count). The number of rotatable bonds is 8. The first kappa shape index (κ1) is 15.6. The second kappa shape index (κ2) is 7.86. The van der Waals surface area contributed by atoms with Crippen LogP contribution in [0.25, 0.3) is 0 Å². The fourth-order valence-corrected chi connectivity index (χ4v) is 1.44. The number of carboxylic acids is 1. The molecule has 0 spiro atoms. The van der Waals surface area contributed by atoms with Gasteiger partial charge in [-0.15, -0.1) is 0 Å². The van der Waals surface area contributed by atoms with Crippen molar-refractivity contribution >= 4 is 5.97 Å². The summed E-state index contributed by atoms with van der Waals surface area (Å²) in [6.45, 7) is 5.59. The van der Waals surface area contributed by atoms with Gasteiger partial charge in [0.2, 0.25) is 0 Å². The van der Waals surface area contributed by atoms with Gasteiger partial charge in [-0.05, 0) is 24.1 Å². The maximum atomic E-state index is 13.4. The lowest BCUT2D eigenvalue weighted by Crippen LogP contribution is -2.09. The van der Waals surface area contributed by atoms with Gasteiger partial charge in [-0.3, -0.25) is 0 Å². The Labute approximate surface area is 112 Å². The largest absolute Gasteiger partial charge is 0.478 e. The molecular formula is C14H19FO4. The number of hydrogen-bond donors (Lipinski definition) is 1. The molecule has 0 aliphatic heterocycles. The third-order valence-electron chi connectivity index (χ3n) is 2.37. The molecule has 1 aromatic carbocycles. The average Bonchev–Trinajstić information content (AvgIpc) is 2.34. The fourth-order valence-electron chi connectivity index (χ4n) is 1.44. The van der Waals surface area contributed by atoms with E-state index in [0.29, 0.717) is 25.7 Å². The molecule has 0 bridgehead atoms. The summed E-state index contributed by atoms with van der Waals surface area (Å²) in [5.74, 6) is -1.08. The molecule has 0 heterocycles. The van der Waals surface area contributed by atoms with Crippen molar-refractivity contribution in [1.29, 1.82) is 0 Å². The first-order chi connectivity index (χ1) is 9.00. The Hall–Kier alpha value is -1.46. The Morgan fingerprint density at radius 1 is 1.32 bits per heavy atom. The van der Waals surface area contributed by atoms with Gasteiger partial charge in [0, 0.05) is 12.2 Å². The minimum Gasteiger partial charge on any atom is -0.478 e. The lowest BCUT2D eigenvalue weighted by molar-refractivity contribution is 0.0306. The van der Waals surface area contributed by atoms with Crippen molar-refractivity contribution < 1.29 is 23.8 Å². The van der Waals surface area contributed by atoms with E-state index in [1.54, 1.807) is 0 Å². The average molecular weight is 270 g/mol. The second-order valence-electron chi connectivity index (χ2n) is 4.63. The lowest BCUT2D eigenvalue weighted by atomic mass is 10.1. The number of benzene rings is 1. The van der Waals surface area contributed by atoms with Crippen LogP contribution in [0.3, 0.4) is 0 Å². The maximum absolute atomic E-state index is 13.4. The minimum absolute atomic E-state index is 0.0397. The van der Waals surface area contributed by atoms with E-state index in [2.05, 4.69) is 0 Å². The van der Waals surface area contributed by atoms with Crippen molar-refractivity contribution in [3.05, 3.63) is 35.1 Å². The number of aromatic carboxylic acids is 1. The SMILES string of the molecule is CC(C)COCCOCc1cc(C(=O)O)ccc1F. The van der Waals surface area contributed by atoms with E-state index in [0.717, 1.165) is 6.07 Å². The van der Waals surface area contributed by atoms with Gasteiger partial charge < -0.3 is 14.6 Å². The van der Waals surface area contributed by atoms with E-state index in [9.17, 15) is 9.18 Å². The summed E-state index contributed by atoms with van der Waals surface area (Å²) in [4.78, 5) is 10.8. The molecule has 5 heteroatoms. The molecule has 4 nitrogen and oxygen atoms in total. The van der Waals surface area contributed by atoms with Crippen LogP contribution in [0, 0.1) is 11.7 Å². The van der Waals surface area contributed by atoms with Crippen molar-refractivity contribution in [1.82, 2.24) is 0 Å². The van der Waals surface area contributed by atoms with Crippen molar-refractivity contribution in [3.63, 3.8) is 0 Å². The molecule has 0 aliphatic rings. The standard InChI is InChI=1S/C14H19FO4/c1-10(2)8-18-5-6-19-9-12-7-11(14(16)17)3-4-13(12)15/h3-4,7,10H,5-6,8-9H2,1-2H3,(H,16,17). The predicted octanol–water partition coefficient (Wildman–Crippen LogP) is 2.71. The van der Waals surface area contributed by atoms with Gasteiger partial charge in [0.05, 0.1) is 25.4 Å². The predicted molar refractivity (Wildman–Crippen MR) is 68.7 cm³/mol. The zero-order valence-corrected chi connectivity index (χ0v) is 11.2. The van der Waals surface area contributed by atoms with Crippen LogP contribution < -0.4 is 0 Å². The van der Waals surface area contributed by atoms with Crippen LogP contribution in [0.5, 0.6) is 0 Å². The molecule has 0 radical (unpaired) electrons. The number of halogens is 1. The highest BCUT2D eigenvalue weighted by molar-refractivity contribution is 5.87. The van der Waals surface area contributed by atoms with Crippen LogP contribution in [0.1, 0.15) is 29.8 Å². The van der Waals surface area contributed by atoms with Crippen LogP contribution in [-0.2, 0) is 16.1 Å². The highest BCUT2D eigenvalue weighted by Crippen LogP contribution is 2.12. The topological polar surface area (TPSA) is 55.8 Å². The van der Waals surface area contributed by atoms with Crippen molar-refractivity contribution in [2.45, 2.75) is 20.5 Å². The van der Waals surface area contributed by atoms with Gasteiger partial charge in [-0.25, -0.2) is 9.18 Å². The summed E-state index contributed by atoms with van der Waals surface area (Å²) in [6.07, 6.45) is 0. The van der Waals surface area contributed by atoms with Crippen LogP contribution in [0.4, 0.5) is 4.39 Å². The van der Waals surface area contributed by atoms with Gasteiger partial charge in [-0.2, -0.15) is 0 Å². The Morgan fingerprint density at radius 3 is 2.63 bits per heavy atom. The summed E-state index contributed by atoms with van der Waals surface area (Å²) in [7, 11) is 0. The molecule has 1 aromatic rings. The van der Waals surface area contributed by atoms with Gasteiger partial charge >= 0.3 is 5.97 Å². The van der Waals surface area contributed by atoms with E-state index in [-0.39, 0.29) is 17.7 Å². The minimum atomic E-state index is -1.08. The van der Waals surface area contributed by atoms with Gasteiger partial charge in [0.15, 0.2) is 0 Å². The molecule has 0 unspecified atom stereocenters. The Morgan fingerprint density at radius 2 is 2.00 bits per heavy atom. The molecule has 0 saturated carbocycles. The third kappa shape index (κ3) is 5.81. The lowest BCUT2D eigenvalue weighted by Gasteiger charge is -2.08. The van der Waals surface area contributed by atoms with Crippen molar-refractivity contribution in [2.75, 3.05) is 19.8 Å². The molecule has 0 atom stereocenters. The number of ether oxygens (including phenoxy) is 2. The van der Waals surface area contributed by atoms with Gasteiger partial charge in [-0.1, -0.05) is 13.8 Å². The summed E-state index contributed by atoms with van der Waals surface area (Å²) in [6, 6.07) is 3.65. The summed E-state index contributed by atoms with van der Waals surface area (Å²) < 4.78 is 24.0. The number of carboxylic acid groups (broad SMARTS) is 1. The van der Waals surface area contributed by atoms with Gasteiger partial charge in [0.1, 0.15) is 5.82 Å². The zero-order valence-electron chi connectivity index (χ0n) is 11.2. The molecule has 19 heavy (non-hydrogen) atoms. The quantitative estimate of drug-likeness (QED) is 0.738. The Balaban J connectivity index is 2.36. The fraction of sp³-hybridized carbons (Fsp3) is 0.500. The van der Waals surface area contributed by atoms with Crippen LogP contribution in [-0.4, -0.2) is 30.9 Å². The van der Waals surface area contributed by atoms with E-state index in [1.165, 1.54) is 12.1 Å². The van der Waals surface area contributed by atoms with E-state index in [1.807, 2.05) is 13.8 Å². The Bertz CT molecular complexity index is 418. The van der Waals surface area contributed by atoms with E-state index < -0.39 is 11.8 Å². The molecule has 0 aliphatic carbocycles.